The molecular formula is C20H29ClN4OS. The molecule has 0 aliphatic carbocycles. The zero-order valence-corrected chi connectivity index (χ0v) is 17.8. The number of anilines is 1. The van der Waals surface area contributed by atoms with Gasteiger partial charge in [-0.15, -0.1) is 22.6 Å². The number of carbonyl (C=O) groups is 1. The summed E-state index contributed by atoms with van der Waals surface area (Å²) in [7, 11) is 0. The van der Waals surface area contributed by atoms with E-state index < -0.39 is 0 Å². The number of benzene rings is 1. The topological polar surface area (TPSA) is 66.9 Å². The van der Waals surface area contributed by atoms with Gasteiger partial charge in [-0.25, -0.2) is 0 Å². The molecule has 1 fully saturated rings. The van der Waals surface area contributed by atoms with E-state index in [9.17, 15) is 4.79 Å². The molecule has 148 valence electrons. The molecule has 2 unspecified atom stereocenters. The van der Waals surface area contributed by atoms with Crippen LogP contribution in [0.1, 0.15) is 50.6 Å². The maximum Gasteiger partial charge on any atom is 0.226 e. The zero-order valence-electron chi connectivity index (χ0n) is 16.2. The van der Waals surface area contributed by atoms with Crippen LogP contribution < -0.4 is 10.6 Å². The lowest BCUT2D eigenvalue weighted by Crippen LogP contribution is -2.34. The van der Waals surface area contributed by atoms with Gasteiger partial charge in [-0.2, -0.15) is 0 Å². The molecule has 1 aliphatic rings. The first-order chi connectivity index (χ1) is 12.5. The van der Waals surface area contributed by atoms with E-state index in [0.717, 1.165) is 18.1 Å². The Bertz CT molecular complexity index is 729. The second-order valence-corrected chi connectivity index (χ2v) is 8.72. The molecule has 27 heavy (non-hydrogen) atoms. The van der Waals surface area contributed by atoms with Crippen molar-refractivity contribution in [1.29, 1.82) is 0 Å². The average Bonchev–Trinajstić information content (AvgIpc) is 3.12. The Balaban J connectivity index is 0.00000261. The van der Waals surface area contributed by atoms with E-state index in [1.54, 1.807) is 0 Å². The van der Waals surface area contributed by atoms with Crippen LogP contribution in [0.15, 0.2) is 30.3 Å². The van der Waals surface area contributed by atoms with Crippen LogP contribution in [0.3, 0.4) is 0 Å². The second-order valence-electron chi connectivity index (χ2n) is 7.74. The minimum Gasteiger partial charge on any atom is -0.316 e. The fourth-order valence-corrected chi connectivity index (χ4v) is 4.38. The summed E-state index contributed by atoms with van der Waals surface area (Å²) in [6.45, 7) is 8.54. The van der Waals surface area contributed by atoms with Crippen LogP contribution in [0, 0.1) is 11.8 Å². The van der Waals surface area contributed by atoms with Crippen LogP contribution in [0.25, 0.3) is 0 Å². The third kappa shape index (κ3) is 5.50. The van der Waals surface area contributed by atoms with Crippen LogP contribution in [0.5, 0.6) is 0 Å². The van der Waals surface area contributed by atoms with Crippen molar-refractivity contribution in [2.45, 2.75) is 45.4 Å². The van der Waals surface area contributed by atoms with Gasteiger partial charge in [0.1, 0.15) is 5.01 Å². The summed E-state index contributed by atoms with van der Waals surface area (Å²) in [4.78, 5) is 12.4. The number of nitrogens with zero attached hydrogens (tertiary/aromatic N) is 2. The number of aromatic nitrogens is 2. The zero-order chi connectivity index (χ0) is 18.6. The van der Waals surface area contributed by atoms with Crippen molar-refractivity contribution >= 4 is 34.8 Å². The van der Waals surface area contributed by atoms with E-state index in [2.05, 4.69) is 53.7 Å². The molecule has 1 amide bonds. The van der Waals surface area contributed by atoms with E-state index >= 15 is 0 Å². The smallest absolute Gasteiger partial charge is 0.226 e. The van der Waals surface area contributed by atoms with E-state index in [-0.39, 0.29) is 23.7 Å². The van der Waals surface area contributed by atoms with Crippen molar-refractivity contribution in [3.63, 3.8) is 0 Å². The number of piperidine rings is 1. The van der Waals surface area contributed by atoms with Crippen molar-refractivity contribution in [2.75, 3.05) is 18.4 Å². The van der Waals surface area contributed by atoms with E-state index in [1.807, 2.05) is 18.2 Å². The van der Waals surface area contributed by atoms with E-state index in [4.69, 9.17) is 0 Å². The Morgan fingerprint density at radius 2 is 2.07 bits per heavy atom. The summed E-state index contributed by atoms with van der Waals surface area (Å²) < 4.78 is 0. The van der Waals surface area contributed by atoms with Gasteiger partial charge >= 0.3 is 0 Å². The summed E-state index contributed by atoms with van der Waals surface area (Å²) in [5.74, 6) is 0.982. The maximum atomic E-state index is 12.4. The van der Waals surface area contributed by atoms with Gasteiger partial charge in [-0.05, 0) is 57.2 Å². The third-order valence-electron chi connectivity index (χ3n) is 5.35. The van der Waals surface area contributed by atoms with Gasteiger partial charge < -0.3 is 10.6 Å². The summed E-state index contributed by atoms with van der Waals surface area (Å²) in [6, 6.07) is 10.3. The molecule has 2 aromatic rings. The molecule has 1 aliphatic heterocycles. The van der Waals surface area contributed by atoms with E-state index in [1.165, 1.54) is 29.7 Å². The molecule has 2 atom stereocenters. The lowest BCUT2D eigenvalue weighted by molar-refractivity contribution is -0.117. The minimum absolute atomic E-state index is 0. The number of hydrogen-bond acceptors (Lipinski definition) is 5. The quantitative estimate of drug-likeness (QED) is 0.749. The molecule has 5 nitrogen and oxygen atoms in total. The number of nitrogens with one attached hydrogen (secondary N) is 2. The molecule has 0 saturated carbocycles. The summed E-state index contributed by atoms with van der Waals surface area (Å²) in [6.07, 6.45) is 2.93. The highest BCUT2D eigenvalue weighted by molar-refractivity contribution is 7.15. The number of halogens is 1. The SMILES string of the molecule is CC(CC(=O)Nc1nnc(C(C)(C)c2ccccc2)s1)C1CCCNC1.Cl. The van der Waals surface area contributed by atoms with Crippen LogP contribution >= 0.6 is 23.7 Å². The molecule has 1 aromatic heterocycles. The van der Waals surface area contributed by atoms with Crippen LogP contribution in [-0.4, -0.2) is 29.2 Å². The van der Waals surface area contributed by atoms with Gasteiger partial charge in [0, 0.05) is 11.8 Å². The normalized spacial score (nSPS) is 18.4. The Labute approximate surface area is 171 Å². The molecule has 3 rings (SSSR count). The fraction of sp³-hybridized carbons (Fsp3) is 0.550. The van der Waals surface area contributed by atoms with Crippen molar-refractivity contribution in [3.05, 3.63) is 40.9 Å². The monoisotopic (exact) mass is 408 g/mol. The molecule has 1 aromatic carbocycles. The molecule has 0 bridgehead atoms. The van der Waals surface area contributed by atoms with E-state index in [0.29, 0.717) is 23.4 Å². The Kier molecular flexibility index (Phi) is 7.77. The molecule has 0 spiro atoms. The largest absolute Gasteiger partial charge is 0.316 e. The predicted molar refractivity (Wildman–Crippen MR) is 114 cm³/mol. The highest BCUT2D eigenvalue weighted by Gasteiger charge is 2.28. The minimum atomic E-state index is -0.233. The highest BCUT2D eigenvalue weighted by atomic mass is 35.5. The molecule has 1 saturated heterocycles. The fourth-order valence-electron chi connectivity index (χ4n) is 3.50. The van der Waals surface area contributed by atoms with Gasteiger partial charge in [0.05, 0.1) is 0 Å². The van der Waals surface area contributed by atoms with Crippen molar-refractivity contribution in [2.24, 2.45) is 11.8 Å². The lowest BCUT2D eigenvalue weighted by atomic mass is 9.85. The molecule has 7 heteroatoms. The first-order valence-electron chi connectivity index (χ1n) is 9.37. The van der Waals surface area contributed by atoms with Crippen LogP contribution in [0.4, 0.5) is 5.13 Å². The molecular weight excluding hydrogens is 380 g/mol. The number of rotatable bonds is 6. The third-order valence-corrected chi connectivity index (χ3v) is 6.51. The summed E-state index contributed by atoms with van der Waals surface area (Å²) in [5, 5.41) is 16.4. The summed E-state index contributed by atoms with van der Waals surface area (Å²) >= 11 is 1.46. The Morgan fingerprint density at radius 3 is 2.74 bits per heavy atom. The molecule has 2 heterocycles. The van der Waals surface area contributed by atoms with Gasteiger partial charge in [-0.1, -0.05) is 48.6 Å². The number of carbonyl (C=O) groups excluding carboxylic acids is 1. The lowest BCUT2D eigenvalue weighted by Gasteiger charge is -2.27. The highest BCUT2D eigenvalue weighted by Crippen LogP contribution is 2.34. The number of hydrogen-bond donors (Lipinski definition) is 2. The Hall–Kier alpha value is -1.50. The maximum absolute atomic E-state index is 12.4. The van der Waals surface area contributed by atoms with Crippen molar-refractivity contribution in [1.82, 2.24) is 15.5 Å². The Morgan fingerprint density at radius 1 is 1.33 bits per heavy atom. The molecule has 0 radical (unpaired) electrons. The van der Waals surface area contributed by atoms with Crippen LogP contribution in [0.2, 0.25) is 0 Å². The van der Waals surface area contributed by atoms with Gasteiger partial charge in [0.15, 0.2) is 0 Å². The standard InChI is InChI=1S/C20H28N4OS.ClH/c1-14(15-8-7-11-21-13-15)12-17(25)22-19-24-23-18(26-19)20(2,3)16-9-5-4-6-10-16;/h4-6,9-10,14-15,21H,7-8,11-13H2,1-3H3,(H,22,24,25);1H. The first-order valence-corrected chi connectivity index (χ1v) is 10.2. The first kappa shape index (κ1) is 21.8. The summed E-state index contributed by atoms with van der Waals surface area (Å²) in [5.41, 5.74) is 0.954. The number of amides is 1. The predicted octanol–water partition coefficient (Wildman–Crippen LogP) is 4.25. The van der Waals surface area contributed by atoms with Gasteiger partial charge in [0.2, 0.25) is 11.0 Å². The van der Waals surface area contributed by atoms with Crippen molar-refractivity contribution < 1.29 is 4.79 Å². The van der Waals surface area contributed by atoms with Crippen molar-refractivity contribution in [3.8, 4) is 0 Å². The van der Waals surface area contributed by atoms with Crippen LogP contribution in [-0.2, 0) is 10.2 Å². The molecule has 2 N–H and O–H groups in total. The van der Waals surface area contributed by atoms with Gasteiger partial charge in [-0.3, -0.25) is 4.79 Å². The second kappa shape index (κ2) is 9.62. The average molecular weight is 409 g/mol. The van der Waals surface area contributed by atoms with Gasteiger partial charge in [0.25, 0.3) is 0 Å².